The SMILES string of the molecule is C=C1CC2CCC[C@@H](C#N)N2[C@H](C)C1. The molecule has 1 unspecified atom stereocenters. The molecule has 2 saturated heterocycles. The summed E-state index contributed by atoms with van der Waals surface area (Å²) in [7, 11) is 0. The lowest BCUT2D eigenvalue weighted by atomic mass is 9.84. The number of hydrogen-bond donors (Lipinski definition) is 0. The van der Waals surface area contributed by atoms with Crippen LogP contribution in [0.15, 0.2) is 12.2 Å². The van der Waals surface area contributed by atoms with E-state index < -0.39 is 0 Å². The van der Waals surface area contributed by atoms with Crippen LogP contribution in [0.4, 0.5) is 0 Å². The standard InChI is InChI=1S/C12H18N2/c1-9-6-10(2)14-11(7-9)4-3-5-12(14)8-13/h10-12H,1,3-7H2,2H3/t10-,11?,12+/m1/s1. The van der Waals surface area contributed by atoms with Crippen molar-refractivity contribution in [3.63, 3.8) is 0 Å². The van der Waals surface area contributed by atoms with Crippen LogP contribution < -0.4 is 0 Å². The van der Waals surface area contributed by atoms with Crippen molar-refractivity contribution in [2.24, 2.45) is 0 Å². The van der Waals surface area contributed by atoms with Gasteiger partial charge in [-0.25, -0.2) is 0 Å². The molecule has 2 rings (SSSR count). The smallest absolute Gasteiger partial charge is 0.0982 e. The summed E-state index contributed by atoms with van der Waals surface area (Å²) in [5, 5.41) is 9.10. The zero-order valence-electron chi connectivity index (χ0n) is 8.87. The molecule has 14 heavy (non-hydrogen) atoms. The minimum absolute atomic E-state index is 0.164. The number of nitriles is 1. The molecule has 2 aliphatic heterocycles. The van der Waals surface area contributed by atoms with E-state index in [1.54, 1.807) is 0 Å². The van der Waals surface area contributed by atoms with E-state index in [1.165, 1.54) is 18.4 Å². The van der Waals surface area contributed by atoms with E-state index in [-0.39, 0.29) is 6.04 Å². The molecule has 0 saturated carbocycles. The molecule has 0 aromatic carbocycles. The van der Waals surface area contributed by atoms with Gasteiger partial charge < -0.3 is 0 Å². The second-order valence-electron chi connectivity index (χ2n) is 4.68. The number of hydrogen-bond acceptors (Lipinski definition) is 2. The number of nitrogens with zero attached hydrogens (tertiary/aromatic N) is 2. The first-order valence-corrected chi connectivity index (χ1v) is 5.56. The molecule has 0 spiro atoms. The van der Waals surface area contributed by atoms with Crippen molar-refractivity contribution in [3.05, 3.63) is 12.2 Å². The molecule has 3 atom stereocenters. The highest BCUT2D eigenvalue weighted by molar-refractivity contribution is 5.11. The Morgan fingerprint density at radius 3 is 2.93 bits per heavy atom. The zero-order chi connectivity index (χ0) is 10.1. The van der Waals surface area contributed by atoms with E-state index in [4.69, 9.17) is 5.26 Å². The maximum atomic E-state index is 9.10. The van der Waals surface area contributed by atoms with Crippen molar-refractivity contribution in [2.75, 3.05) is 0 Å². The van der Waals surface area contributed by atoms with E-state index in [1.807, 2.05) is 0 Å². The van der Waals surface area contributed by atoms with Crippen LogP contribution >= 0.6 is 0 Å². The largest absolute Gasteiger partial charge is 0.282 e. The van der Waals surface area contributed by atoms with Gasteiger partial charge in [0.1, 0.15) is 0 Å². The molecule has 0 N–H and O–H groups in total. The predicted molar refractivity (Wildman–Crippen MR) is 56.7 cm³/mol. The molecule has 0 aromatic heterocycles. The highest BCUT2D eigenvalue weighted by Crippen LogP contribution is 2.35. The van der Waals surface area contributed by atoms with E-state index in [0.29, 0.717) is 12.1 Å². The maximum Gasteiger partial charge on any atom is 0.0982 e. The zero-order valence-corrected chi connectivity index (χ0v) is 8.87. The Balaban J connectivity index is 2.17. The third-order valence-electron chi connectivity index (χ3n) is 3.56. The quantitative estimate of drug-likeness (QED) is 0.549. The molecule has 0 aliphatic carbocycles. The van der Waals surface area contributed by atoms with Gasteiger partial charge in [0.25, 0.3) is 0 Å². The summed E-state index contributed by atoms with van der Waals surface area (Å²) in [6, 6.07) is 3.73. The first kappa shape index (κ1) is 9.73. The van der Waals surface area contributed by atoms with Crippen molar-refractivity contribution in [1.29, 1.82) is 5.26 Å². The second kappa shape index (κ2) is 3.74. The third-order valence-corrected chi connectivity index (χ3v) is 3.56. The number of rotatable bonds is 0. The van der Waals surface area contributed by atoms with Crippen LogP contribution in [0, 0.1) is 11.3 Å². The molecule has 0 bridgehead atoms. The highest BCUT2D eigenvalue weighted by Gasteiger charge is 2.37. The Morgan fingerprint density at radius 2 is 2.21 bits per heavy atom. The van der Waals surface area contributed by atoms with Gasteiger partial charge in [0.2, 0.25) is 0 Å². The van der Waals surface area contributed by atoms with E-state index in [9.17, 15) is 0 Å². The van der Waals surface area contributed by atoms with Crippen LogP contribution in [0.1, 0.15) is 39.0 Å². The Hall–Kier alpha value is -0.810. The topological polar surface area (TPSA) is 27.0 Å². The molecule has 0 aromatic rings. The summed E-state index contributed by atoms with van der Waals surface area (Å²) in [5.74, 6) is 0. The van der Waals surface area contributed by atoms with Gasteiger partial charge in [-0.2, -0.15) is 5.26 Å². The molecular formula is C12H18N2. The third kappa shape index (κ3) is 1.57. The Kier molecular flexibility index (Phi) is 2.60. The molecule has 2 heterocycles. The molecule has 2 nitrogen and oxygen atoms in total. The van der Waals surface area contributed by atoms with Gasteiger partial charge in [0, 0.05) is 12.1 Å². The fraction of sp³-hybridized carbons (Fsp3) is 0.750. The predicted octanol–water partition coefficient (Wildman–Crippen LogP) is 2.47. The monoisotopic (exact) mass is 190 g/mol. The normalized spacial score (nSPS) is 38.9. The van der Waals surface area contributed by atoms with Gasteiger partial charge in [0.05, 0.1) is 12.1 Å². The summed E-state index contributed by atoms with van der Waals surface area (Å²) in [6.45, 7) is 6.33. The summed E-state index contributed by atoms with van der Waals surface area (Å²) in [6.07, 6.45) is 5.71. The van der Waals surface area contributed by atoms with Gasteiger partial charge in [-0.05, 0) is 39.0 Å². The minimum atomic E-state index is 0.164. The lowest BCUT2D eigenvalue weighted by Crippen LogP contribution is -2.53. The first-order chi connectivity index (χ1) is 6.72. The summed E-state index contributed by atoms with van der Waals surface area (Å²) in [4.78, 5) is 2.43. The Morgan fingerprint density at radius 1 is 1.43 bits per heavy atom. The summed E-state index contributed by atoms with van der Waals surface area (Å²) < 4.78 is 0. The van der Waals surface area contributed by atoms with E-state index >= 15 is 0 Å². The van der Waals surface area contributed by atoms with Crippen molar-refractivity contribution in [2.45, 2.75) is 57.2 Å². The van der Waals surface area contributed by atoms with Crippen molar-refractivity contribution < 1.29 is 0 Å². The van der Waals surface area contributed by atoms with Crippen molar-refractivity contribution in [1.82, 2.24) is 4.90 Å². The molecule has 76 valence electrons. The van der Waals surface area contributed by atoms with Crippen molar-refractivity contribution in [3.8, 4) is 6.07 Å². The fourth-order valence-corrected chi connectivity index (χ4v) is 3.04. The van der Waals surface area contributed by atoms with Crippen LogP contribution in [0.25, 0.3) is 0 Å². The van der Waals surface area contributed by atoms with Crippen LogP contribution in [0.3, 0.4) is 0 Å². The van der Waals surface area contributed by atoms with Gasteiger partial charge in [-0.1, -0.05) is 12.2 Å². The molecule has 0 radical (unpaired) electrons. The lowest BCUT2D eigenvalue weighted by molar-refractivity contribution is 0.0523. The van der Waals surface area contributed by atoms with Crippen LogP contribution in [-0.4, -0.2) is 23.0 Å². The molecule has 2 heteroatoms. The van der Waals surface area contributed by atoms with Gasteiger partial charge in [0.15, 0.2) is 0 Å². The number of piperidine rings is 2. The first-order valence-electron chi connectivity index (χ1n) is 5.56. The van der Waals surface area contributed by atoms with Crippen LogP contribution in [0.5, 0.6) is 0 Å². The number of fused-ring (bicyclic) bond motifs is 1. The van der Waals surface area contributed by atoms with Crippen LogP contribution in [-0.2, 0) is 0 Å². The average Bonchev–Trinajstić information content (AvgIpc) is 2.16. The molecular weight excluding hydrogens is 172 g/mol. The Labute approximate surface area is 86.2 Å². The maximum absolute atomic E-state index is 9.10. The minimum Gasteiger partial charge on any atom is -0.282 e. The van der Waals surface area contributed by atoms with Gasteiger partial charge >= 0.3 is 0 Å². The lowest BCUT2D eigenvalue weighted by Gasteiger charge is -2.47. The Bertz CT molecular complexity index is 277. The summed E-state index contributed by atoms with van der Waals surface area (Å²) in [5.41, 5.74) is 1.37. The second-order valence-corrected chi connectivity index (χ2v) is 4.68. The van der Waals surface area contributed by atoms with Crippen LogP contribution in [0.2, 0.25) is 0 Å². The van der Waals surface area contributed by atoms with Gasteiger partial charge in [-0.15, -0.1) is 0 Å². The van der Waals surface area contributed by atoms with Gasteiger partial charge in [-0.3, -0.25) is 4.90 Å². The van der Waals surface area contributed by atoms with Crippen molar-refractivity contribution >= 4 is 0 Å². The molecule has 2 aliphatic rings. The average molecular weight is 190 g/mol. The van der Waals surface area contributed by atoms with E-state index in [0.717, 1.165) is 19.3 Å². The highest BCUT2D eigenvalue weighted by atomic mass is 15.2. The molecule has 2 fully saturated rings. The fourth-order valence-electron chi connectivity index (χ4n) is 3.04. The van der Waals surface area contributed by atoms with E-state index in [2.05, 4.69) is 24.5 Å². The molecule has 0 amide bonds. The summed E-state index contributed by atoms with van der Waals surface area (Å²) >= 11 is 0.